The molecule has 0 radical (unpaired) electrons. The maximum Gasteiger partial charge on any atom is 0.354 e. The van der Waals surface area contributed by atoms with E-state index in [9.17, 15) is 14.9 Å². The van der Waals surface area contributed by atoms with Crippen LogP contribution in [0.15, 0.2) is 30.9 Å². The summed E-state index contributed by atoms with van der Waals surface area (Å²) >= 11 is 0. The topological polar surface area (TPSA) is 123 Å². The Kier molecular flexibility index (Phi) is 3.89. The Hall–Kier alpha value is -2.97. The number of carboxylic acids is 1. The molecule has 0 aliphatic carbocycles. The second-order valence-electron chi connectivity index (χ2n) is 3.85. The van der Waals surface area contributed by atoms with Crippen LogP contribution in [0.2, 0.25) is 0 Å². The highest BCUT2D eigenvalue weighted by Gasteiger charge is 2.17. The number of carbonyl (C=O) groups is 1. The molecule has 0 fully saturated rings. The van der Waals surface area contributed by atoms with Crippen molar-refractivity contribution in [2.45, 2.75) is 6.54 Å². The summed E-state index contributed by atoms with van der Waals surface area (Å²) in [5, 5.41) is 22.5. The van der Waals surface area contributed by atoms with Gasteiger partial charge in [-0.2, -0.15) is 0 Å². The number of rotatable bonds is 6. The minimum Gasteiger partial charge on any atom is -0.477 e. The predicted molar refractivity (Wildman–Crippen MR) is 68.6 cm³/mol. The minimum absolute atomic E-state index is 0.0602. The van der Waals surface area contributed by atoms with Crippen LogP contribution in [0.3, 0.4) is 0 Å². The highest BCUT2D eigenvalue weighted by atomic mass is 16.6. The number of aromatic nitrogens is 3. The third kappa shape index (κ3) is 3.07. The van der Waals surface area contributed by atoms with Crippen LogP contribution in [0.4, 0.5) is 11.5 Å². The first-order valence-electron chi connectivity index (χ1n) is 5.66. The predicted octanol–water partition coefficient (Wildman–Crippen LogP) is 0.997. The molecule has 9 heteroatoms. The standard InChI is InChI=1S/C11H11N5O4/c17-11(18)8-1-2-9(16(19)20)10(14-8)13-4-6-15-5-3-12-7-15/h1-3,5,7H,4,6H2,(H,13,14)(H,17,18). The van der Waals surface area contributed by atoms with Gasteiger partial charge in [-0.05, 0) is 6.07 Å². The molecule has 104 valence electrons. The van der Waals surface area contributed by atoms with E-state index in [-0.39, 0.29) is 17.2 Å². The number of hydrogen-bond acceptors (Lipinski definition) is 6. The van der Waals surface area contributed by atoms with E-state index in [1.165, 1.54) is 0 Å². The molecule has 2 heterocycles. The van der Waals surface area contributed by atoms with E-state index in [2.05, 4.69) is 15.3 Å². The van der Waals surface area contributed by atoms with Gasteiger partial charge in [0.25, 0.3) is 0 Å². The summed E-state index contributed by atoms with van der Waals surface area (Å²) in [5.41, 5.74) is -0.513. The largest absolute Gasteiger partial charge is 0.477 e. The first kappa shape index (κ1) is 13.5. The fourth-order valence-corrected chi connectivity index (χ4v) is 1.57. The van der Waals surface area contributed by atoms with Crippen molar-refractivity contribution in [3.05, 3.63) is 46.7 Å². The molecule has 0 saturated carbocycles. The van der Waals surface area contributed by atoms with Crippen molar-refractivity contribution in [3.63, 3.8) is 0 Å². The molecule has 2 rings (SSSR count). The number of aromatic carboxylic acids is 1. The van der Waals surface area contributed by atoms with Gasteiger partial charge in [0.15, 0.2) is 5.69 Å². The maximum absolute atomic E-state index is 10.9. The summed E-state index contributed by atoms with van der Waals surface area (Å²) in [6.07, 6.45) is 4.97. The zero-order valence-electron chi connectivity index (χ0n) is 10.3. The van der Waals surface area contributed by atoms with Gasteiger partial charge in [0.2, 0.25) is 5.82 Å². The quantitative estimate of drug-likeness (QED) is 0.596. The van der Waals surface area contributed by atoms with Crippen LogP contribution < -0.4 is 5.32 Å². The van der Waals surface area contributed by atoms with E-state index < -0.39 is 10.9 Å². The van der Waals surface area contributed by atoms with E-state index in [1.54, 1.807) is 23.3 Å². The Morgan fingerprint density at radius 3 is 2.90 bits per heavy atom. The number of hydrogen-bond donors (Lipinski definition) is 2. The van der Waals surface area contributed by atoms with Crippen molar-refractivity contribution >= 4 is 17.5 Å². The van der Waals surface area contributed by atoms with Gasteiger partial charge in [-0.1, -0.05) is 0 Å². The number of imidazole rings is 1. The maximum atomic E-state index is 10.9. The molecule has 0 amide bonds. The monoisotopic (exact) mass is 277 g/mol. The molecular weight excluding hydrogens is 266 g/mol. The number of pyridine rings is 1. The highest BCUT2D eigenvalue weighted by Crippen LogP contribution is 2.21. The van der Waals surface area contributed by atoms with Crippen LogP contribution in [0.5, 0.6) is 0 Å². The van der Waals surface area contributed by atoms with Gasteiger partial charge in [0.1, 0.15) is 0 Å². The van der Waals surface area contributed by atoms with Crippen molar-refractivity contribution in [2.24, 2.45) is 0 Å². The van der Waals surface area contributed by atoms with Gasteiger partial charge in [-0.15, -0.1) is 0 Å². The molecule has 0 aromatic carbocycles. The Morgan fingerprint density at radius 2 is 2.30 bits per heavy atom. The van der Waals surface area contributed by atoms with Crippen LogP contribution in [0, 0.1) is 10.1 Å². The third-order valence-electron chi connectivity index (χ3n) is 2.51. The summed E-state index contributed by atoms with van der Waals surface area (Å²) < 4.78 is 1.78. The highest BCUT2D eigenvalue weighted by molar-refractivity contribution is 5.86. The Balaban J connectivity index is 2.13. The van der Waals surface area contributed by atoms with Crippen LogP contribution in [-0.4, -0.2) is 37.1 Å². The summed E-state index contributed by atoms with van der Waals surface area (Å²) in [7, 11) is 0. The van der Waals surface area contributed by atoms with Crippen LogP contribution >= 0.6 is 0 Å². The van der Waals surface area contributed by atoms with E-state index >= 15 is 0 Å². The van der Waals surface area contributed by atoms with Gasteiger partial charge in [-0.25, -0.2) is 14.8 Å². The Bertz CT molecular complexity index is 626. The van der Waals surface area contributed by atoms with E-state index in [4.69, 9.17) is 5.11 Å². The van der Waals surface area contributed by atoms with Crippen LogP contribution in [-0.2, 0) is 6.54 Å². The zero-order valence-corrected chi connectivity index (χ0v) is 10.3. The number of carboxylic acid groups (broad SMARTS) is 1. The second-order valence-corrected chi connectivity index (χ2v) is 3.85. The van der Waals surface area contributed by atoms with Crippen LogP contribution in [0.25, 0.3) is 0 Å². The fraction of sp³-hybridized carbons (Fsp3) is 0.182. The molecule has 0 unspecified atom stereocenters. The Labute approximate surface area is 113 Å². The lowest BCUT2D eigenvalue weighted by molar-refractivity contribution is -0.384. The van der Waals surface area contributed by atoms with E-state index in [1.807, 2.05) is 0 Å². The molecule has 0 atom stereocenters. The van der Waals surface area contributed by atoms with Crippen molar-refractivity contribution in [1.29, 1.82) is 0 Å². The summed E-state index contributed by atoms with van der Waals surface area (Å²) in [6.45, 7) is 0.878. The van der Waals surface area contributed by atoms with Crippen molar-refractivity contribution < 1.29 is 14.8 Å². The first-order valence-corrected chi connectivity index (χ1v) is 5.66. The van der Waals surface area contributed by atoms with Crippen molar-refractivity contribution in [1.82, 2.24) is 14.5 Å². The zero-order chi connectivity index (χ0) is 14.5. The minimum atomic E-state index is -1.24. The van der Waals surface area contributed by atoms with Crippen molar-refractivity contribution in [3.8, 4) is 0 Å². The molecule has 0 bridgehead atoms. The summed E-state index contributed by atoms with van der Waals surface area (Å²) in [6, 6.07) is 2.22. The number of anilines is 1. The van der Waals surface area contributed by atoms with Gasteiger partial charge in [-0.3, -0.25) is 10.1 Å². The van der Waals surface area contributed by atoms with Crippen molar-refractivity contribution in [2.75, 3.05) is 11.9 Å². The summed E-state index contributed by atoms with van der Waals surface area (Å²) in [4.78, 5) is 28.7. The molecule has 0 aliphatic heterocycles. The lowest BCUT2D eigenvalue weighted by Crippen LogP contribution is -2.13. The van der Waals surface area contributed by atoms with Gasteiger partial charge < -0.3 is 15.0 Å². The van der Waals surface area contributed by atoms with Gasteiger partial charge >= 0.3 is 11.7 Å². The summed E-state index contributed by atoms with van der Waals surface area (Å²) in [5.74, 6) is -1.30. The van der Waals surface area contributed by atoms with Gasteiger partial charge in [0, 0.05) is 31.5 Å². The molecule has 0 saturated heterocycles. The molecule has 9 nitrogen and oxygen atoms in total. The molecule has 2 N–H and O–H groups in total. The molecule has 0 aliphatic rings. The average molecular weight is 277 g/mol. The van der Waals surface area contributed by atoms with E-state index in [0.29, 0.717) is 13.1 Å². The average Bonchev–Trinajstić information content (AvgIpc) is 2.91. The second kappa shape index (κ2) is 5.78. The SMILES string of the molecule is O=C(O)c1ccc([N+](=O)[O-])c(NCCn2ccnc2)n1. The lowest BCUT2D eigenvalue weighted by atomic mass is 10.3. The third-order valence-corrected chi connectivity index (χ3v) is 2.51. The fourth-order valence-electron chi connectivity index (χ4n) is 1.57. The van der Waals surface area contributed by atoms with Crippen LogP contribution in [0.1, 0.15) is 10.5 Å². The smallest absolute Gasteiger partial charge is 0.354 e. The molecule has 20 heavy (non-hydrogen) atoms. The van der Waals surface area contributed by atoms with E-state index in [0.717, 1.165) is 12.1 Å². The lowest BCUT2D eigenvalue weighted by Gasteiger charge is -2.07. The molecule has 2 aromatic heterocycles. The number of nitrogens with one attached hydrogen (secondary N) is 1. The molecule has 0 spiro atoms. The Morgan fingerprint density at radius 1 is 1.50 bits per heavy atom. The van der Waals surface area contributed by atoms with Gasteiger partial charge in [0.05, 0.1) is 11.3 Å². The molecule has 2 aromatic rings. The first-order chi connectivity index (χ1) is 9.58. The number of nitro groups is 1. The molecular formula is C11H11N5O4. The number of nitrogens with zero attached hydrogens (tertiary/aromatic N) is 4. The normalized spacial score (nSPS) is 10.2.